The summed E-state index contributed by atoms with van der Waals surface area (Å²) in [6.07, 6.45) is 2.75. The molecule has 1 aliphatic rings. The Morgan fingerprint density at radius 2 is 2.25 bits per heavy atom. The van der Waals surface area contributed by atoms with Crippen LogP contribution in [-0.2, 0) is 11.2 Å². The van der Waals surface area contributed by atoms with Gasteiger partial charge in [-0.15, -0.1) is 0 Å². The van der Waals surface area contributed by atoms with E-state index in [-0.39, 0.29) is 11.2 Å². The van der Waals surface area contributed by atoms with Gasteiger partial charge in [-0.3, -0.25) is 0 Å². The van der Waals surface area contributed by atoms with Gasteiger partial charge in [-0.2, -0.15) is 0 Å². The van der Waals surface area contributed by atoms with Crippen LogP contribution < -0.4 is 5.32 Å². The van der Waals surface area contributed by atoms with Crippen molar-refractivity contribution in [3.05, 3.63) is 34.6 Å². The molecule has 1 heterocycles. The van der Waals surface area contributed by atoms with Gasteiger partial charge in [0.25, 0.3) is 0 Å². The highest BCUT2D eigenvalue weighted by Crippen LogP contribution is 2.33. The molecule has 0 spiro atoms. The van der Waals surface area contributed by atoms with Crippen molar-refractivity contribution in [3.8, 4) is 0 Å². The minimum Gasteiger partial charge on any atom is -0.381 e. The maximum Gasteiger partial charge on any atom is 0.126 e. The molecule has 1 aromatic carbocycles. The van der Waals surface area contributed by atoms with E-state index in [4.69, 9.17) is 16.3 Å². The van der Waals surface area contributed by atoms with Crippen LogP contribution in [0.1, 0.15) is 32.3 Å². The van der Waals surface area contributed by atoms with Crippen molar-refractivity contribution in [3.63, 3.8) is 0 Å². The lowest BCUT2D eigenvalue weighted by molar-refractivity contribution is -0.00839. The molecule has 1 N–H and O–H groups in total. The number of ether oxygens (including phenoxy) is 1. The number of benzene rings is 1. The topological polar surface area (TPSA) is 21.3 Å². The second kappa shape index (κ2) is 6.88. The minimum absolute atomic E-state index is 0.0337. The molecule has 0 bridgehead atoms. The Bertz CT molecular complexity index is 444. The summed E-state index contributed by atoms with van der Waals surface area (Å²) in [5.41, 5.74) is 0.655. The molecule has 0 amide bonds. The quantitative estimate of drug-likeness (QED) is 0.892. The van der Waals surface area contributed by atoms with Crippen LogP contribution in [0.2, 0.25) is 5.02 Å². The Kier molecular flexibility index (Phi) is 5.42. The van der Waals surface area contributed by atoms with E-state index in [0.717, 1.165) is 26.0 Å². The molecule has 1 unspecified atom stereocenters. The lowest BCUT2D eigenvalue weighted by atomic mass is 9.77. The minimum atomic E-state index is -0.177. The Hall–Kier alpha value is -0.640. The molecular weight excluding hydrogens is 277 g/mol. The third-order valence-corrected chi connectivity index (χ3v) is 4.10. The highest BCUT2D eigenvalue weighted by Gasteiger charge is 2.34. The standard InChI is InChI=1S/C16H23ClFNO/c1-12(2)19-10-16(6-3-7-20-11-16)9-13-8-14(17)4-5-15(13)18/h4-5,8,12,19H,3,6-7,9-11H2,1-2H3. The summed E-state index contributed by atoms with van der Waals surface area (Å²) in [4.78, 5) is 0. The first-order chi connectivity index (χ1) is 9.51. The fraction of sp³-hybridized carbons (Fsp3) is 0.625. The Balaban J connectivity index is 2.16. The SMILES string of the molecule is CC(C)NCC1(Cc2cc(Cl)ccc2F)CCCOC1. The van der Waals surface area contributed by atoms with Crippen molar-refractivity contribution >= 4 is 11.6 Å². The third-order valence-electron chi connectivity index (χ3n) is 3.86. The van der Waals surface area contributed by atoms with Crippen LogP contribution in [0.25, 0.3) is 0 Å². The predicted octanol–water partition coefficient (Wildman–Crippen LogP) is 3.82. The maximum atomic E-state index is 14.0. The highest BCUT2D eigenvalue weighted by atomic mass is 35.5. The fourth-order valence-electron chi connectivity index (χ4n) is 2.75. The Morgan fingerprint density at radius 1 is 1.45 bits per heavy atom. The first-order valence-electron chi connectivity index (χ1n) is 7.26. The van der Waals surface area contributed by atoms with Gasteiger partial charge < -0.3 is 10.1 Å². The van der Waals surface area contributed by atoms with E-state index in [2.05, 4.69) is 19.2 Å². The molecule has 2 rings (SSSR count). The normalized spacial score (nSPS) is 23.2. The van der Waals surface area contributed by atoms with E-state index in [0.29, 0.717) is 29.7 Å². The Morgan fingerprint density at radius 3 is 2.90 bits per heavy atom. The largest absolute Gasteiger partial charge is 0.381 e. The van der Waals surface area contributed by atoms with E-state index in [1.54, 1.807) is 12.1 Å². The van der Waals surface area contributed by atoms with Gasteiger partial charge in [0.1, 0.15) is 5.82 Å². The van der Waals surface area contributed by atoms with Gasteiger partial charge in [-0.25, -0.2) is 4.39 Å². The van der Waals surface area contributed by atoms with Gasteiger partial charge in [-0.1, -0.05) is 25.4 Å². The summed E-state index contributed by atoms with van der Waals surface area (Å²) >= 11 is 5.99. The van der Waals surface area contributed by atoms with Crippen LogP contribution in [0, 0.1) is 11.2 Å². The van der Waals surface area contributed by atoms with Gasteiger partial charge in [0.05, 0.1) is 6.61 Å². The molecular formula is C16H23ClFNO. The van der Waals surface area contributed by atoms with Crippen molar-refractivity contribution in [2.45, 2.75) is 39.2 Å². The summed E-state index contributed by atoms with van der Waals surface area (Å²) in [5, 5.41) is 4.06. The zero-order chi connectivity index (χ0) is 14.6. The number of hydrogen-bond donors (Lipinski definition) is 1. The number of nitrogens with one attached hydrogen (secondary N) is 1. The molecule has 112 valence electrons. The predicted molar refractivity (Wildman–Crippen MR) is 80.7 cm³/mol. The maximum absolute atomic E-state index is 14.0. The number of hydrogen-bond acceptors (Lipinski definition) is 2. The molecule has 0 aromatic heterocycles. The van der Waals surface area contributed by atoms with Crippen molar-refractivity contribution in [1.29, 1.82) is 0 Å². The third kappa shape index (κ3) is 4.18. The molecule has 1 atom stereocenters. The fourth-order valence-corrected chi connectivity index (χ4v) is 2.95. The van der Waals surface area contributed by atoms with Crippen LogP contribution in [0.15, 0.2) is 18.2 Å². The zero-order valence-electron chi connectivity index (χ0n) is 12.2. The highest BCUT2D eigenvalue weighted by molar-refractivity contribution is 6.30. The number of rotatable bonds is 5. The van der Waals surface area contributed by atoms with Crippen molar-refractivity contribution < 1.29 is 9.13 Å². The molecule has 1 fully saturated rings. The second-order valence-electron chi connectivity index (χ2n) is 6.10. The monoisotopic (exact) mass is 299 g/mol. The zero-order valence-corrected chi connectivity index (χ0v) is 13.0. The van der Waals surface area contributed by atoms with Gasteiger partial charge >= 0.3 is 0 Å². The van der Waals surface area contributed by atoms with E-state index >= 15 is 0 Å². The average molecular weight is 300 g/mol. The lowest BCUT2D eigenvalue weighted by Gasteiger charge is -2.38. The van der Waals surface area contributed by atoms with E-state index in [1.165, 1.54) is 6.07 Å². The van der Waals surface area contributed by atoms with Gasteiger partial charge in [0.2, 0.25) is 0 Å². The molecule has 1 saturated heterocycles. The molecule has 1 aromatic rings. The summed E-state index contributed by atoms with van der Waals surface area (Å²) in [6.45, 7) is 6.57. The lowest BCUT2D eigenvalue weighted by Crippen LogP contribution is -2.44. The summed E-state index contributed by atoms with van der Waals surface area (Å²) in [7, 11) is 0. The van der Waals surface area contributed by atoms with E-state index < -0.39 is 0 Å². The summed E-state index contributed by atoms with van der Waals surface area (Å²) in [5.74, 6) is -0.177. The van der Waals surface area contributed by atoms with E-state index in [9.17, 15) is 4.39 Å². The molecule has 0 saturated carbocycles. The van der Waals surface area contributed by atoms with E-state index in [1.807, 2.05) is 0 Å². The second-order valence-corrected chi connectivity index (χ2v) is 6.54. The van der Waals surface area contributed by atoms with Crippen molar-refractivity contribution in [2.24, 2.45) is 5.41 Å². The van der Waals surface area contributed by atoms with Crippen LogP contribution in [-0.4, -0.2) is 25.8 Å². The first-order valence-corrected chi connectivity index (χ1v) is 7.64. The summed E-state index contributed by atoms with van der Waals surface area (Å²) < 4.78 is 19.6. The van der Waals surface area contributed by atoms with Crippen LogP contribution in [0.3, 0.4) is 0 Å². The molecule has 1 aliphatic heterocycles. The van der Waals surface area contributed by atoms with Crippen LogP contribution in [0.5, 0.6) is 0 Å². The first kappa shape index (κ1) is 15.7. The smallest absolute Gasteiger partial charge is 0.126 e. The van der Waals surface area contributed by atoms with Crippen LogP contribution in [0.4, 0.5) is 4.39 Å². The Labute approximate surface area is 125 Å². The molecule has 0 radical (unpaired) electrons. The molecule has 4 heteroatoms. The number of halogens is 2. The van der Waals surface area contributed by atoms with Crippen LogP contribution >= 0.6 is 11.6 Å². The van der Waals surface area contributed by atoms with Gasteiger partial charge in [-0.05, 0) is 43.0 Å². The molecule has 20 heavy (non-hydrogen) atoms. The van der Waals surface area contributed by atoms with Gasteiger partial charge in [0, 0.05) is 29.6 Å². The van der Waals surface area contributed by atoms with Gasteiger partial charge in [0.15, 0.2) is 0 Å². The summed E-state index contributed by atoms with van der Waals surface area (Å²) in [6, 6.07) is 5.20. The van der Waals surface area contributed by atoms with Crippen molar-refractivity contribution in [1.82, 2.24) is 5.32 Å². The molecule has 0 aliphatic carbocycles. The average Bonchev–Trinajstić information content (AvgIpc) is 2.42. The van der Waals surface area contributed by atoms with Crippen molar-refractivity contribution in [2.75, 3.05) is 19.8 Å². The molecule has 2 nitrogen and oxygen atoms in total.